The van der Waals surface area contributed by atoms with Crippen LogP contribution >= 0.6 is 0 Å². The van der Waals surface area contributed by atoms with Gasteiger partial charge < -0.3 is 54.4 Å². The molecule has 0 bridgehead atoms. The van der Waals surface area contributed by atoms with Gasteiger partial charge in [-0.25, -0.2) is 0 Å². The first-order valence-electron chi connectivity index (χ1n) is 11.0. The molecule has 1 aliphatic heterocycles. The van der Waals surface area contributed by atoms with Crippen LogP contribution < -0.4 is 10.2 Å². The maximum absolute atomic E-state index is 13.4. The van der Waals surface area contributed by atoms with E-state index in [1.54, 1.807) is 0 Å². The molecule has 0 unspecified atom stereocenters. The normalized spacial score (nSPS) is 23.2. The molecule has 5 atom stereocenters. The number of aliphatic hydroxyl groups is 3. The lowest BCUT2D eigenvalue weighted by molar-refractivity contribution is -0.278. The number of phenols is 3. The third kappa shape index (κ3) is 5.33. The van der Waals surface area contributed by atoms with E-state index >= 15 is 0 Å². The summed E-state index contributed by atoms with van der Waals surface area (Å²) in [6.45, 7) is -0.728. The number of hydrogen-bond donors (Lipinski definition) is 7. The number of hydrogen-bond acceptors (Lipinski definition) is 13. The van der Waals surface area contributed by atoms with Crippen LogP contribution in [0.5, 0.6) is 23.0 Å². The van der Waals surface area contributed by atoms with Crippen LogP contribution in [-0.4, -0.2) is 85.0 Å². The highest BCUT2D eigenvalue weighted by molar-refractivity contribution is 5.90. The van der Waals surface area contributed by atoms with Crippen molar-refractivity contribution in [3.63, 3.8) is 0 Å². The molecule has 7 N–H and O–H groups in total. The molecule has 14 heteroatoms. The maximum Gasteiger partial charge on any atom is 0.317 e. The lowest BCUT2D eigenvalue weighted by Gasteiger charge is -2.39. The molecule has 0 aliphatic carbocycles. The monoisotopic (exact) mass is 534 g/mol. The topological polar surface area (TPSA) is 234 Å². The van der Waals surface area contributed by atoms with Crippen molar-refractivity contribution in [2.45, 2.75) is 37.1 Å². The van der Waals surface area contributed by atoms with Crippen LogP contribution in [0.2, 0.25) is 0 Å². The van der Waals surface area contributed by atoms with Crippen molar-refractivity contribution in [1.29, 1.82) is 0 Å². The summed E-state index contributed by atoms with van der Waals surface area (Å²) in [5.41, 5.74) is -1.01. The number of aliphatic carboxylic acids is 1. The summed E-state index contributed by atoms with van der Waals surface area (Å²) in [7, 11) is 0. The number of rotatable bonds is 7. The Labute approximate surface area is 212 Å². The highest BCUT2D eigenvalue weighted by Gasteiger charge is 2.46. The summed E-state index contributed by atoms with van der Waals surface area (Å²) in [5, 5.41) is 69.0. The molecule has 202 valence electrons. The second kappa shape index (κ2) is 10.5. The Morgan fingerprint density at radius 2 is 1.61 bits per heavy atom. The van der Waals surface area contributed by atoms with Gasteiger partial charge in [-0.3, -0.25) is 14.4 Å². The minimum atomic E-state index is -1.94. The van der Waals surface area contributed by atoms with E-state index in [2.05, 4.69) is 0 Å². The number of carbonyl (C=O) groups is 2. The highest BCUT2D eigenvalue weighted by atomic mass is 16.7. The highest BCUT2D eigenvalue weighted by Crippen LogP contribution is 2.37. The maximum atomic E-state index is 13.4. The van der Waals surface area contributed by atoms with E-state index in [-0.39, 0.29) is 22.7 Å². The van der Waals surface area contributed by atoms with Crippen LogP contribution in [0.1, 0.15) is 6.42 Å². The number of aromatic hydroxyl groups is 3. The lowest BCUT2D eigenvalue weighted by Crippen LogP contribution is -2.60. The van der Waals surface area contributed by atoms with Crippen molar-refractivity contribution in [3.05, 3.63) is 46.6 Å². The van der Waals surface area contributed by atoms with Crippen molar-refractivity contribution in [2.24, 2.45) is 0 Å². The fourth-order valence-corrected chi connectivity index (χ4v) is 3.80. The summed E-state index contributed by atoms with van der Waals surface area (Å²) in [6, 6.07) is 7.22. The molecule has 2 heterocycles. The fraction of sp³-hybridized carbons (Fsp3) is 0.292. The van der Waals surface area contributed by atoms with E-state index in [9.17, 15) is 45.0 Å². The number of carbonyl (C=O) groups excluding carboxylic acids is 1. The lowest BCUT2D eigenvalue weighted by atomic mass is 9.99. The second-order valence-electron chi connectivity index (χ2n) is 8.36. The molecule has 0 radical (unpaired) electrons. The zero-order valence-electron chi connectivity index (χ0n) is 19.3. The van der Waals surface area contributed by atoms with Gasteiger partial charge in [0.2, 0.25) is 17.5 Å². The zero-order valence-corrected chi connectivity index (χ0v) is 19.3. The van der Waals surface area contributed by atoms with Gasteiger partial charge >= 0.3 is 11.9 Å². The molecule has 0 spiro atoms. The summed E-state index contributed by atoms with van der Waals surface area (Å²) >= 11 is 0. The van der Waals surface area contributed by atoms with E-state index in [4.69, 9.17) is 23.7 Å². The first-order valence-corrected chi connectivity index (χ1v) is 11.0. The molecule has 1 saturated heterocycles. The summed E-state index contributed by atoms with van der Waals surface area (Å²) in [6.07, 6.45) is -9.97. The number of aliphatic hydroxyl groups excluding tert-OH is 3. The molecule has 1 aliphatic rings. The van der Waals surface area contributed by atoms with E-state index in [1.165, 1.54) is 24.3 Å². The number of carboxylic acids is 1. The van der Waals surface area contributed by atoms with Gasteiger partial charge in [0.1, 0.15) is 65.7 Å². The van der Waals surface area contributed by atoms with Crippen LogP contribution in [0.25, 0.3) is 22.3 Å². The van der Waals surface area contributed by atoms with Crippen molar-refractivity contribution in [3.8, 4) is 34.3 Å². The molecule has 0 amide bonds. The number of carboxylic acid groups (broad SMARTS) is 1. The van der Waals surface area contributed by atoms with Crippen molar-refractivity contribution >= 4 is 22.9 Å². The van der Waals surface area contributed by atoms with Crippen LogP contribution in [-0.2, 0) is 19.1 Å². The van der Waals surface area contributed by atoms with Gasteiger partial charge in [0, 0.05) is 17.7 Å². The number of ether oxygens (including phenoxy) is 3. The van der Waals surface area contributed by atoms with Gasteiger partial charge in [0.15, 0.2) is 5.76 Å². The summed E-state index contributed by atoms with van der Waals surface area (Å²) < 4.78 is 21.5. The number of phenolic OH excluding ortho intramolecular Hbond substituents is 3. The van der Waals surface area contributed by atoms with Gasteiger partial charge in [0.05, 0.1) is 0 Å². The van der Waals surface area contributed by atoms with Gasteiger partial charge in [-0.2, -0.15) is 0 Å². The smallest absolute Gasteiger partial charge is 0.317 e. The molecule has 1 fully saturated rings. The molecular weight excluding hydrogens is 512 g/mol. The van der Waals surface area contributed by atoms with Gasteiger partial charge in [0.25, 0.3) is 0 Å². The Morgan fingerprint density at radius 1 is 0.921 bits per heavy atom. The van der Waals surface area contributed by atoms with Crippen LogP contribution in [0.3, 0.4) is 0 Å². The molecule has 3 aromatic rings. The average molecular weight is 534 g/mol. The summed E-state index contributed by atoms with van der Waals surface area (Å²) in [5.74, 6) is -4.68. The zero-order chi connectivity index (χ0) is 27.7. The Kier molecular flexibility index (Phi) is 7.41. The SMILES string of the molecule is O=C(O)CC(=O)OC[C@@H]1O[C@@H](Oc2c(-c3ccc(O)cc3)oc3cc(O)cc(O)c3c2=O)[C@@H](O)[C@H](O)[C@H]1O. The standard InChI is InChI=1S/C24H22O14/c25-10-3-1-9(2-4-10)22-23(19(32)17-12(27)5-11(26)6-13(17)36-22)38-24-21(34)20(33)18(31)14(37-24)8-35-16(30)7-15(28)29/h1-6,14,18,20-21,24-27,31,33-34H,7-8H2,(H,28,29)/t14-,18-,20+,21-,24-/m0/s1. The van der Waals surface area contributed by atoms with E-state index in [1.807, 2.05) is 0 Å². The number of fused-ring (bicyclic) bond motifs is 1. The van der Waals surface area contributed by atoms with Crippen LogP contribution in [0.15, 0.2) is 45.6 Å². The Bertz CT molecular complexity index is 1410. The van der Waals surface area contributed by atoms with Gasteiger partial charge in [-0.15, -0.1) is 0 Å². The van der Waals surface area contributed by atoms with E-state index < -0.39 is 83.7 Å². The molecule has 2 aromatic carbocycles. The predicted octanol–water partition coefficient (Wildman–Crippen LogP) is -0.219. The Hall–Kier alpha value is -4.37. The number of esters is 1. The molecule has 0 saturated carbocycles. The minimum absolute atomic E-state index is 0.113. The van der Waals surface area contributed by atoms with Crippen molar-refractivity contribution in [2.75, 3.05) is 6.61 Å². The van der Waals surface area contributed by atoms with Crippen LogP contribution in [0, 0.1) is 0 Å². The third-order valence-electron chi connectivity index (χ3n) is 5.65. The molecule has 38 heavy (non-hydrogen) atoms. The predicted molar refractivity (Wildman–Crippen MR) is 123 cm³/mol. The van der Waals surface area contributed by atoms with Gasteiger partial charge in [-0.05, 0) is 24.3 Å². The van der Waals surface area contributed by atoms with E-state index in [0.717, 1.165) is 12.1 Å². The van der Waals surface area contributed by atoms with Crippen molar-refractivity contribution < 1.29 is 64.0 Å². The minimum Gasteiger partial charge on any atom is -0.508 e. The molecule has 1 aromatic heterocycles. The largest absolute Gasteiger partial charge is 0.508 e. The average Bonchev–Trinajstić information content (AvgIpc) is 2.84. The third-order valence-corrected chi connectivity index (χ3v) is 5.65. The number of benzene rings is 2. The second-order valence-corrected chi connectivity index (χ2v) is 8.36. The Balaban J connectivity index is 1.73. The van der Waals surface area contributed by atoms with E-state index in [0.29, 0.717) is 0 Å². The molecular formula is C24H22O14. The van der Waals surface area contributed by atoms with Crippen LogP contribution in [0.4, 0.5) is 0 Å². The molecule has 4 rings (SSSR count). The first-order chi connectivity index (χ1) is 18.0. The Morgan fingerprint density at radius 3 is 2.26 bits per heavy atom. The fourth-order valence-electron chi connectivity index (χ4n) is 3.80. The first kappa shape index (κ1) is 26.7. The summed E-state index contributed by atoms with van der Waals surface area (Å²) in [4.78, 5) is 35.6. The van der Waals surface area contributed by atoms with Gasteiger partial charge in [-0.1, -0.05) is 0 Å². The quantitative estimate of drug-likeness (QED) is 0.153. The van der Waals surface area contributed by atoms with Crippen molar-refractivity contribution in [1.82, 2.24) is 0 Å². The molecule has 14 nitrogen and oxygen atoms in total.